The molecule has 100 valence electrons. The Hall–Kier alpha value is -1.68. The lowest BCUT2D eigenvalue weighted by molar-refractivity contribution is 0.299. The molecule has 2 aromatic rings. The van der Waals surface area contributed by atoms with Gasteiger partial charge >= 0.3 is 0 Å². The van der Waals surface area contributed by atoms with Gasteiger partial charge in [0.1, 0.15) is 23.8 Å². The molecule has 1 aromatic heterocycles. The second-order valence-electron chi connectivity index (χ2n) is 4.67. The van der Waals surface area contributed by atoms with Crippen molar-refractivity contribution >= 4 is 11.6 Å². The molecule has 0 aliphatic carbocycles. The topological polar surface area (TPSA) is 47.3 Å². The maximum absolute atomic E-state index is 9.21. The largest absolute Gasteiger partial charge is 0.508 e. The number of halogens is 1. The molecule has 0 fully saturated rings. The number of imidazole rings is 1. The first-order valence-corrected chi connectivity index (χ1v) is 6.77. The van der Waals surface area contributed by atoms with Crippen molar-refractivity contribution in [1.29, 1.82) is 0 Å². The smallest absolute Gasteiger partial charge is 0.203 e. The van der Waals surface area contributed by atoms with E-state index < -0.39 is 0 Å². The van der Waals surface area contributed by atoms with Crippen molar-refractivity contribution in [2.45, 2.75) is 32.4 Å². The second kappa shape index (κ2) is 5.13. The molecule has 0 radical (unpaired) electrons. The summed E-state index contributed by atoms with van der Waals surface area (Å²) in [7, 11) is 0. The number of nitrogens with zero attached hydrogens (tertiary/aromatic N) is 2. The summed E-state index contributed by atoms with van der Waals surface area (Å²) >= 11 is 6.13. The van der Waals surface area contributed by atoms with Crippen molar-refractivity contribution in [3.05, 3.63) is 40.9 Å². The van der Waals surface area contributed by atoms with Crippen LogP contribution in [-0.2, 0) is 19.6 Å². The van der Waals surface area contributed by atoms with Crippen LogP contribution in [0.2, 0.25) is 5.28 Å². The lowest BCUT2D eigenvalue weighted by atomic mass is 10.1. The lowest BCUT2D eigenvalue weighted by Gasteiger charge is -2.15. The van der Waals surface area contributed by atoms with Gasteiger partial charge in [0.2, 0.25) is 5.28 Å². The summed E-state index contributed by atoms with van der Waals surface area (Å²) in [6.45, 7) is 1.35. The van der Waals surface area contributed by atoms with Crippen molar-refractivity contribution in [3.8, 4) is 11.5 Å². The van der Waals surface area contributed by atoms with E-state index in [1.54, 1.807) is 24.3 Å². The molecule has 0 saturated heterocycles. The Kier molecular flexibility index (Phi) is 3.34. The molecule has 0 amide bonds. The van der Waals surface area contributed by atoms with Gasteiger partial charge in [-0.05, 0) is 55.1 Å². The summed E-state index contributed by atoms with van der Waals surface area (Å²) in [5, 5.41) is 9.77. The summed E-state index contributed by atoms with van der Waals surface area (Å²) < 4.78 is 7.75. The van der Waals surface area contributed by atoms with Gasteiger partial charge in [-0.2, -0.15) is 0 Å². The molecule has 0 atom stereocenters. The Morgan fingerprint density at radius 1 is 1.26 bits per heavy atom. The van der Waals surface area contributed by atoms with E-state index in [9.17, 15) is 5.11 Å². The van der Waals surface area contributed by atoms with Gasteiger partial charge in [-0.1, -0.05) is 0 Å². The van der Waals surface area contributed by atoms with Crippen molar-refractivity contribution < 1.29 is 9.84 Å². The van der Waals surface area contributed by atoms with Gasteiger partial charge in [0.15, 0.2) is 0 Å². The van der Waals surface area contributed by atoms with Crippen LogP contribution in [0.1, 0.15) is 24.2 Å². The predicted molar refractivity (Wildman–Crippen MR) is 72.6 cm³/mol. The highest BCUT2D eigenvalue weighted by atomic mass is 35.5. The average molecular weight is 279 g/mol. The Balaban J connectivity index is 1.75. The molecule has 1 aliphatic rings. The molecule has 2 heterocycles. The van der Waals surface area contributed by atoms with Gasteiger partial charge in [-0.25, -0.2) is 4.98 Å². The number of aromatic hydroxyl groups is 1. The molecule has 3 rings (SSSR count). The third kappa shape index (κ3) is 2.54. The minimum atomic E-state index is 0.231. The summed E-state index contributed by atoms with van der Waals surface area (Å²) in [5.41, 5.74) is 2.10. The fraction of sp³-hybridized carbons (Fsp3) is 0.357. The van der Waals surface area contributed by atoms with Crippen LogP contribution in [0.25, 0.3) is 0 Å². The molecule has 1 N–H and O–H groups in total. The van der Waals surface area contributed by atoms with E-state index >= 15 is 0 Å². The predicted octanol–water partition coefficient (Wildman–Crippen LogP) is 3.16. The molecule has 4 nitrogen and oxygen atoms in total. The molecular weight excluding hydrogens is 264 g/mol. The summed E-state index contributed by atoms with van der Waals surface area (Å²) in [6, 6.07) is 6.68. The summed E-state index contributed by atoms with van der Waals surface area (Å²) in [4.78, 5) is 4.38. The first kappa shape index (κ1) is 12.4. The Bertz CT molecular complexity index is 578. The number of benzene rings is 1. The quantitative estimate of drug-likeness (QED) is 0.938. The maximum Gasteiger partial charge on any atom is 0.203 e. The number of fused-ring (bicyclic) bond motifs is 1. The number of rotatable bonds is 3. The van der Waals surface area contributed by atoms with Crippen LogP contribution in [0.3, 0.4) is 0 Å². The Morgan fingerprint density at radius 2 is 2.05 bits per heavy atom. The van der Waals surface area contributed by atoms with Crippen LogP contribution >= 0.6 is 11.6 Å². The highest BCUT2D eigenvalue weighted by Crippen LogP contribution is 2.25. The lowest BCUT2D eigenvalue weighted by Crippen LogP contribution is -2.11. The summed E-state index contributed by atoms with van der Waals surface area (Å²) in [5.74, 6) is 0.946. The van der Waals surface area contributed by atoms with Gasteiger partial charge in [0, 0.05) is 12.2 Å². The molecule has 1 aromatic carbocycles. The van der Waals surface area contributed by atoms with Gasteiger partial charge in [-0.3, -0.25) is 0 Å². The van der Waals surface area contributed by atoms with Gasteiger partial charge in [0.25, 0.3) is 0 Å². The zero-order valence-electron chi connectivity index (χ0n) is 10.5. The zero-order chi connectivity index (χ0) is 13.2. The number of ether oxygens (including phenoxy) is 1. The highest BCUT2D eigenvalue weighted by molar-refractivity contribution is 6.28. The standard InChI is InChI=1S/C14H15ClN2O2/c15-14-16-12(13-3-1-2-8-17(13)14)9-19-11-6-4-10(18)5-7-11/h4-7,18H,1-3,8-9H2. The molecule has 0 unspecified atom stereocenters. The van der Waals surface area contributed by atoms with E-state index in [0.29, 0.717) is 17.6 Å². The fourth-order valence-electron chi connectivity index (χ4n) is 2.38. The van der Waals surface area contributed by atoms with E-state index in [-0.39, 0.29) is 5.75 Å². The van der Waals surface area contributed by atoms with Crippen LogP contribution in [-0.4, -0.2) is 14.7 Å². The van der Waals surface area contributed by atoms with Gasteiger partial charge in [0.05, 0.1) is 0 Å². The van der Waals surface area contributed by atoms with Gasteiger partial charge < -0.3 is 14.4 Å². The normalized spacial score (nSPS) is 14.2. The highest BCUT2D eigenvalue weighted by Gasteiger charge is 2.19. The molecule has 19 heavy (non-hydrogen) atoms. The SMILES string of the molecule is Oc1ccc(OCc2nc(Cl)n3c2CCCC3)cc1. The third-order valence-electron chi connectivity index (χ3n) is 3.37. The van der Waals surface area contributed by atoms with E-state index in [0.717, 1.165) is 25.1 Å². The molecule has 0 bridgehead atoms. The Labute approximate surface area is 116 Å². The second-order valence-corrected chi connectivity index (χ2v) is 5.00. The fourth-order valence-corrected chi connectivity index (χ4v) is 2.67. The van der Waals surface area contributed by atoms with Crippen LogP contribution in [0.4, 0.5) is 0 Å². The number of phenolic OH excluding ortho intramolecular Hbond substituents is 1. The van der Waals surface area contributed by atoms with Crippen molar-refractivity contribution in [3.63, 3.8) is 0 Å². The van der Waals surface area contributed by atoms with Gasteiger partial charge in [-0.15, -0.1) is 0 Å². The molecular formula is C14H15ClN2O2. The number of hydrogen-bond acceptors (Lipinski definition) is 3. The number of aromatic nitrogens is 2. The molecule has 0 spiro atoms. The van der Waals surface area contributed by atoms with E-state index in [1.165, 1.54) is 12.1 Å². The van der Waals surface area contributed by atoms with Crippen LogP contribution in [0, 0.1) is 0 Å². The molecule has 5 heteroatoms. The minimum absolute atomic E-state index is 0.231. The van der Waals surface area contributed by atoms with E-state index in [2.05, 4.69) is 9.55 Å². The third-order valence-corrected chi connectivity index (χ3v) is 3.66. The first-order chi connectivity index (χ1) is 9.24. The zero-order valence-corrected chi connectivity index (χ0v) is 11.2. The molecule has 1 aliphatic heterocycles. The van der Waals surface area contributed by atoms with Crippen LogP contribution < -0.4 is 4.74 Å². The first-order valence-electron chi connectivity index (χ1n) is 6.39. The Morgan fingerprint density at radius 3 is 2.84 bits per heavy atom. The monoisotopic (exact) mass is 278 g/mol. The van der Waals surface area contributed by atoms with E-state index in [4.69, 9.17) is 16.3 Å². The van der Waals surface area contributed by atoms with Crippen LogP contribution in [0.15, 0.2) is 24.3 Å². The van der Waals surface area contributed by atoms with Crippen LogP contribution in [0.5, 0.6) is 11.5 Å². The average Bonchev–Trinajstić information content (AvgIpc) is 2.76. The minimum Gasteiger partial charge on any atom is -0.508 e. The molecule has 0 saturated carbocycles. The summed E-state index contributed by atoms with van der Waals surface area (Å²) in [6.07, 6.45) is 3.34. The van der Waals surface area contributed by atoms with E-state index in [1.807, 2.05) is 0 Å². The van der Waals surface area contributed by atoms with Crippen molar-refractivity contribution in [2.24, 2.45) is 0 Å². The number of hydrogen-bond donors (Lipinski definition) is 1. The van der Waals surface area contributed by atoms with Crippen molar-refractivity contribution in [1.82, 2.24) is 9.55 Å². The number of phenols is 1. The van der Waals surface area contributed by atoms with Crippen molar-refractivity contribution in [2.75, 3.05) is 0 Å². The maximum atomic E-state index is 9.21.